The summed E-state index contributed by atoms with van der Waals surface area (Å²) < 4.78 is 0. The molecule has 0 saturated heterocycles. The molecule has 10 N–H and O–H groups in total. The average molecular weight is 567 g/mol. The number of aromatic amines is 1. The van der Waals surface area contributed by atoms with E-state index in [1.54, 1.807) is 6.20 Å². The molecule has 3 amide bonds. The van der Waals surface area contributed by atoms with E-state index in [1.807, 2.05) is 54.6 Å². The van der Waals surface area contributed by atoms with Gasteiger partial charge in [0.25, 0.3) is 0 Å². The standard InChI is InChI=1S/C29H38N6O6/c30-13-7-6-12-23(33-26(37)21(31)14-18-8-2-1-3-9-18)27(38)35-25(17-36)28(39)34-24(29(40)41)15-19-16-32-22-11-5-4-10-20(19)22/h1-5,8-11,16,21,23-25,32,36H,6-7,12-15,17,30-31H2,(H,33,37)(H,34,39)(H,35,38)(H,40,41). The van der Waals surface area contributed by atoms with E-state index in [0.717, 1.165) is 16.5 Å². The van der Waals surface area contributed by atoms with Crippen LogP contribution in [0.2, 0.25) is 0 Å². The number of aliphatic hydroxyl groups excluding tert-OH is 1. The largest absolute Gasteiger partial charge is 0.480 e. The van der Waals surface area contributed by atoms with E-state index in [1.165, 1.54) is 0 Å². The number of nitrogens with two attached hydrogens (primary N) is 2. The van der Waals surface area contributed by atoms with E-state index in [2.05, 4.69) is 20.9 Å². The number of rotatable bonds is 16. The Hall–Kier alpha value is -4.26. The van der Waals surface area contributed by atoms with Crippen LogP contribution in [0.4, 0.5) is 0 Å². The molecule has 1 aromatic heterocycles. The minimum absolute atomic E-state index is 0.0196. The molecule has 4 unspecified atom stereocenters. The number of carboxylic acids is 1. The van der Waals surface area contributed by atoms with Crippen molar-refractivity contribution in [3.05, 3.63) is 71.9 Å². The highest BCUT2D eigenvalue weighted by atomic mass is 16.4. The molecule has 0 bridgehead atoms. The number of aliphatic carboxylic acids is 1. The average Bonchev–Trinajstić information content (AvgIpc) is 3.38. The number of hydrogen-bond donors (Lipinski definition) is 8. The number of benzene rings is 2. The summed E-state index contributed by atoms with van der Waals surface area (Å²) >= 11 is 0. The molecule has 3 rings (SSSR count). The number of nitrogens with one attached hydrogen (secondary N) is 4. The van der Waals surface area contributed by atoms with Gasteiger partial charge in [-0.3, -0.25) is 14.4 Å². The van der Waals surface area contributed by atoms with E-state index >= 15 is 0 Å². The highest BCUT2D eigenvalue weighted by molar-refractivity contribution is 5.94. The molecular formula is C29H38N6O6. The van der Waals surface area contributed by atoms with Gasteiger partial charge < -0.3 is 42.6 Å². The lowest BCUT2D eigenvalue weighted by atomic mass is 10.0. The Morgan fingerprint density at radius 1 is 0.805 bits per heavy atom. The van der Waals surface area contributed by atoms with Crippen molar-refractivity contribution in [1.29, 1.82) is 0 Å². The van der Waals surface area contributed by atoms with Crippen LogP contribution in [0.15, 0.2) is 60.8 Å². The first-order chi connectivity index (χ1) is 19.7. The summed E-state index contributed by atoms with van der Waals surface area (Å²) in [4.78, 5) is 53.9. The van der Waals surface area contributed by atoms with E-state index in [9.17, 15) is 29.4 Å². The highest BCUT2D eigenvalue weighted by Crippen LogP contribution is 2.19. The Morgan fingerprint density at radius 2 is 1.44 bits per heavy atom. The van der Waals surface area contributed by atoms with Crippen molar-refractivity contribution < 1.29 is 29.4 Å². The lowest BCUT2D eigenvalue weighted by Gasteiger charge is -2.24. The Bertz CT molecular complexity index is 1310. The van der Waals surface area contributed by atoms with Gasteiger partial charge in [-0.2, -0.15) is 0 Å². The van der Waals surface area contributed by atoms with Gasteiger partial charge >= 0.3 is 5.97 Å². The second-order valence-corrected chi connectivity index (χ2v) is 9.85. The molecule has 0 spiro atoms. The number of carbonyl (C=O) groups is 4. The van der Waals surface area contributed by atoms with Crippen LogP contribution >= 0.6 is 0 Å². The van der Waals surface area contributed by atoms with E-state index < -0.39 is 54.5 Å². The van der Waals surface area contributed by atoms with Crippen molar-refractivity contribution in [1.82, 2.24) is 20.9 Å². The molecule has 41 heavy (non-hydrogen) atoms. The number of aromatic nitrogens is 1. The number of carbonyl (C=O) groups excluding carboxylic acids is 3. The van der Waals surface area contributed by atoms with Gasteiger partial charge in [-0.15, -0.1) is 0 Å². The molecule has 0 aliphatic rings. The van der Waals surface area contributed by atoms with Crippen LogP contribution in [-0.4, -0.2) is 76.2 Å². The number of hydrogen-bond acceptors (Lipinski definition) is 7. The van der Waals surface area contributed by atoms with Crippen LogP contribution in [0.5, 0.6) is 0 Å². The van der Waals surface area contributed by atoms with E-state index in [0.29, 0.717) is 24.9 Å². The van der Waals surface area contributed by atoms with Crippen LogP contribution < -0.4 is 27.4 Å². The molecule has 4 atom stereocenters. The fraction of sp³-hybridized carbons (Fsp3) is 0.379. The van der Waals surface area contributed by atoms with Gasteiger partial charge in [0, 0.05) is 23.5 Å². The second-order valence-electron chi connectivity index (χ2n) is 9.85. The zero-order valence-corrected chi connectivity index (χ0v) is 22.7. The minimum atomic E-state index is -1.45. The fourth-order valence-electron chi connectivity index (χ4n) is 4.46. The molecule has 0 saturated carbocycles. The molecule has 0 aliphatic heterocycles. The summed E-state index contributed by atoms with van der Waals surface area (Å²) in [5.74, 6) is -3.40. The minimum Gasteiger partial charge on any atom is -0.480 e. The van der Waals surface area contributed by atoms with Crippen LogP contribution in [-0.2, 0) is 32.0 Å². The van der Waals surface area contributed by atoms with Crippen molar-refractivity contribution in [3.8, 4) is 0 Å². The van der Waals surface area contributed by atoms with E-state index in [-0.39, 0.29) is 19.3 Å². The summed E-state index contributed by atoms with van der Waals surface area (Å²) in [6.07, 6.45) is 3.27. The van der Waals surface area contributed by atoms with Gasteiger partial charge in [0.1, 0.15) is 18.1 Å². The number of H-pyrrole nitrogens is 1. The van der Waals surface area contributed by atoms with Gasteiger partial charge in [-0.25, -0.2) is 4.79 Å². The quantitative estimate of drug-likeness (QED) is 0.110. The number of amides is 3. The van der Waals surface area contributed by atoms with Crippen molar-refractivity contribution in [2.24, 2.45) is 11.5 Å². The molecule has 0 radical (unpaired) electrons. The van der Waals surface area contributed by atoms with Crippen LogP contribution in [0.1, 0.15) is 30.4 Å². The van der Waals surface area contributed by atoms with Crippen LogP contribution in [0.25, 0.3) is 10.9 Å². The Morgan fingerprint density at radius 3 is 2.12 bits per heavy atom. The predicted octanol–water partition coefficient (Wildman–Crippen LogP) is -0.0593. The molecule has 3 aromatic rings. The number of aliphatic hydroxyl groups is 1. The smallest absolute Gasteiger partial charge is 0.326 e. The zero-order valence-electron chi connectivity index (χ0n) is 22.7. The topological polar surface area (TPSA) is 213 Å². The summed E-state index contributed by atoms with van der Waals surface area (Å²) in [5, 5.41) is 27.9. The maximum atomic E-state index is 13.1. The van der Waals surface area contributed by atoms with Crippen molar-refractivity contribution in [2.75, 3.05) is 13.2 Å². The van der Waals surface area contributed by atoms with Crippen LogP contribution in [0.3, 0.4) is 0 Å². The number of fused-ring (bicyclic) bond motifs is 1. The molecular weight excluding hydrogens is 528 g/mol. The van der Waals surface area contributed by atoms with Crippen molar-refractivity contribution >= 4 is 34.6 Å². The molecule has 2 aromatic carbocycles. The molecule has 220 valence electrons. The van der Waals surface area contributed by atoms with E-state index in [4.69, 9.17) is 11.5 Å². The first kappa shape index (κ1) is 31.3. The third-order valence-corrected chi connectivity index (χ3v) is 6.74. The number of carboxylic acid groups (broad SMARTS) is 1. The zero-order chi connectivity index (χ0) is 29.8. The first-order valence-corrected chi connectivity index (χ1v) is 13.5. The molecule has 12 nitrogen and oxygen atoms in total. The number of unbranched alkanes of at least 4 members (excludes halogenated alkanes) is 1. The summed E-state index contributed by atoms with van der Waals surface area (Å²) in [6.45, 7) is -0.390. The van der Waals surface area contributed by atoms with Gasteiger partial charge in [0.2, 0.25) is 17.7 Å². The summed E-state index contributed by atoms with van der Waals surface area (Å²) in [6, 6.07) is 11.8. The lowest BCUT2D eigenvalue weighted by Crippen LogP contribution is -2.58. The molecule has 12 heteroatoms. The van der Waals surface area contributed by atoms with Gasteiger partial charge in [-0.1, -0.05) is 48.5 Å². The van der Waals surface area contributed by atoms with Crippen molar-refractivity contribution in [3.63, 3.8) is 0 Å². The second kappa shape index (κ2) is 15.5. The SMILES string of the molecule is NCCCCC(NC(=O)C(N)Cc1ccccc1)C(=O)NC(CO)C(=O)NC(Cc1c[nH]c2ccccc12)C(=O)O. The Labute approximate surface area is 237 Å². The summed E-state index contributed by atoms with van der Waals surface area (Å²) in [7, 11) is 0. The number of para-hydroxylation sites is 1. The maximum absolute atomic E-state index is 13.1. The van der Waals surface area contributed by atoms with Gasteiger partial charge in [0.05, 0.1) is 12.6 Å². The molecule has 0 fully saturated rings. The first-order valence-electron chi connectivity index (χ1n) is 13.5. The Kier molecular flexibility index (Phi) is 11.8. The normalized spacial score (nSPS) is 14.0. The van der Waals surface area contributed by atoms with Crippen molar-refractivity contribution in [2.45, 2.75) is 56.3 Å². The molecule has 1 heterocycles. The van der Waals surface area contributed by atoms with Gasteiger partial charge in [-0.05, 0) is 49.4 Å². The highest BCUT2D eigenvalue weighted by Gasteiger charge is 2.30. The fourth-order valence-corrected chi connectivity index (χ4v) is 4.46. The predicted molar refractivity (Wildman–Crippen MR) is 154 cm³/mol. The molecule has 0 aliphatic carbocycles. The lowest BCUT2D eigenvalue weighted by molar-refractivity contribution is -0.142. The maximum Gasteiger partial charge on any atom is 0.326 e. The van der Waals surface area contributed by atoms with Gasteiger partial charge in [0.15, 0.2) is 0 Å². The third kappa shape index (κ3) is 9.13. The third-order valence-electron chi connectivity index (χ3n) is 6.74. The Balaban J connectivity index is 1.64. The summed E-state index contributed by atoms with van der Waals surface area (Å²) in [5.41, 5.74) is 14.0. The van der Waals surface area contributed by atoms with Crippen LogP contribution in [0, 0.1) is 0 Å². The monoisotopic (exact) mass is 566 g/mol.